The Kier molecular flexibility index (Phi) is 3.92. The van der Waals surface area contributed by atoms with E-state index in [2.05, 4.69) is 0 Å². The molecule has 2 fully saturated rings. The van der Waals surface area contributed by atoms with Gasteiger partial charge in [0.25, 0.3) is 5.69 Å². The predicted octanol–water partition coefficient (Wildman–Crippen LogP) is 2.51. The first-order chi connectivity index (χ1) is 10.5. The molecular weight excluding hydrogens is 284 g/mol. The lowest BCUT2D eigenvalue weighted by molar-refractivity contribution is -0.987. The number of hydrogen-bond donors (Lipinski definition) is 1. The normalized spacial score (nSPS) is 31.1. The maximum absolute atomic E-state index is 10.9. The van der Waals surface area contributed by atoms with Gasteiger partial charge in [-0.15, -0.1) is 0 Å². The van der Waals surface area contributed by atoms with Gasteiger partial charge in [0.2, 0.25) is 5.79 Å². The van der Waals surface area contributed by atoms with Crippen LogP contribution in [0.4, 0.5) is 5.69 Å². The van der Waals surface area contributed by atoms with Gasteiger partial charge in [0, 0.05) is 24.6 Å². The van der Waals surface area contributed by atoms with Crippen LogP contribution < -0.4 is 0 Å². The number of benzene rings is 1. The van der Waals surface area contributed by atoms with Crippen molar-refractivity contribution in [2.24, 2.45) is 0 Å². The molecule has 0 saturated carbocycles. The van der Waals surface area contributed by atoms with Crippen molar-refractivity contribution < 1.29 is 19.2 Å². The second-order valence-corrected chi connectivity index (χ2v) is 6.51. The van der Waals surface area contributed by atoms with Gasteiger partial charge in [-0.1, -0.05) is 0 Å². The van der Waals surface area contributed by atoms with Crippen LogP contribution in [0.15, 0.2) is 24.3 Å². The van der Waals surface area contributed by atoms with Crippen LogP contribution in [0.1, 0.15) is 38.2 Å². The van der Waals surface area contributed by atoms with Gasteiger partial charge < -0.3 is 5.11 Å². The molecule has 0 amide bonds. The molecule has 6 heteroatoms. The maximum Gasteiger partial charge on any atom is 0.269 e. The Labute approximate surface area is 130 Å². The molecule has 1 aromatic rings. The molecule has 2 heterocycles. The van der Waals surface area contributed by atoms with Gasteiger partial charge in [0.15, 0.2) is 6.23 Å². The molecule has 1 spiro atoms. The summed E-state index contributed by atoms with van der Waals surface area (Å²) in [6.07, 6.45) is 4.16. The minimum atomic E-state index is -1.34. The average Bonchev–Trinajstić information content (AvgIpc) is 2.53. The highest BCUT2D eigenvalue weighted by Crippen LogP contribution is 2.39. The van der Waals surface area contributed by atoms with Crippen LogP contribution in [0.2, 0.25) is 0 Å². The Balaban J connectivity index is 1.78. The number of quaternary nitrogens is 1. The third-order valence-corrected chi connectivity index (χ3v) is 5.27. The Morgan fingerprint density at radius 2 is 1.86 bits per heavy atom. The number of piperidine rings is 1. The van der Waals surface area contributed by atoms with Gasteiger partial charge in [0.1, 0.15) is 0 Å². The van der Waals surface area contributed by atoms with E-state index < -0.39 is 10.7 Å². The van der Waals surface area contributed by atoms with Gasteiger partial charge in [-0.25, -0.2) is 0 Å². The summed E-state index contributed by atoms with van der Waals surface area (Å²) in [7, 11) is 0. The molecule has 2 saturated heterocycles. The lowest BCUT2D eigenvalue weighted by Gasteiger charge is -2.52. The summed E-state index contributed by atoms with van der Waals surface area (Å²) in [6.45, 7) is 5.13. The van der Waals surface area contributed by atoms with Gasteiger partial charge in [0.05, 0.1) is 31.0 Å². The first kappa shape index (κ1) is 15.4. The van der Waals surface area contributed by atoms with E-state index in [1.54, 1.807) is 12.1 Å². The fourth-order valence-electron chi connectivity index (χ4n) is 3.79. The minimum Gasteiger partial charge on any atom is -0.361 e. The zero-order chi connectivity index (χ0) is 15.8. The third-order valence-electron chi connectivity index (χ3n) is 5.27. The Hall–Kier alpha value is -1.50. The highest BCUT2D eigenvalue weighted by molar-refractivity contribution is 5.34. The van der Waals surface area contributed by atoms with E-state index in [0.717, 1.165) is 24.1 Å². The van der Waals surface area contributed by atoms with Gasteiger partial charge in [-0.05, 0) is 31.4 Å². The van der Waals surface area contributed by atoms with Crippen LogP contribution in [0.3, 0.4) is 0 Å². The molecule has 2 aliphatic heterocycles. The molecule has 0 radical (unpaired) electrons. The van der Waals surface area contributed by atoms with E-state index in [1.165, 1.54) is 31.4 Å². The summed E-state index contributed by atoms with van der Waals surface area (Å²) in [4.78, 5) is 10.3. The SMILES string of the molecule is CC1O[C@](O)(c2ccc([N+](=O)[O-])cc2)CC[N+]12CCCCC2. The molecular formula is C16H23N2O4+. The molecule has 3 rings (SSSR count). The molecule has 1 N–H and O–H groups in total. The Morgan fingerprint density at radius 1 is 1.23 bits per heavy atom. The van der Waals surface area contributed by atoms with E-state index in [1.807, 2.05) is 6.92 Å². The smallest absolute Gasteiger partial charge is 0.269 e. The molecule has 22 heavy (non-hydrogen) atoms. The summed E-state index contributed by atoms with van der Waals surface area (Å²) in [6, 6.07) is 6.02. The second kappa shape index (κ2) is 5.61. The highest BCUT2D eigenvalue weighted by Gasteiger charge is 2.48. The van der Waals surface area contributed by atoms with Crippen LogP contribution in [-0.4, -0.2) is 40.4 Å². The molecule has 1 aromatic carbocycles. The van der Waals surface area contributed by atoms with Crippen LogP contribution in [0.25, 0.3) is 0 Å². The van der Waals surface area contributed by atoms with E-state index in [-0.39, 0.29) is 11.9 Å². The van der Waals surface area contributed by atoms with Crippen LogP contribution in [0, 0.1) is 10.1 Å². The standard InChI is InChI=1S/C16H23N2O4/c1-13-18(10-3-2-4-11-18)12-9-16(19,22-13)14-5-7-15(8-6-14)17(20)21/h5-8,13,19H,2-4,9-12H2,1H3/q+1/t13?,16-/m0/s1. The Morgan fingerprint density at radius 3 is 2.41 bits per heavy atom. The summed E-state index contributed by atoms with van der Waals surface area (Å²) in [5.41, 5.74) is 0.621. The minimum absolute atomic E-state index is 0.0238. The quantitative estimate of drug-likeness (QED) is 0.517. The number of non-ortho nitro benzene ring substituents is 1. The lowest BCUT2D eigenvalue weighted by atomic mass is 9.96. The molecule has 0 aromatic heterocycles. The average molecular weight is 307 g/mol. The first-order valence-corrected chi connectivity index (χ1v) is 7.96. The van der Waals surface area contributed by atoms with Crippen molar-refractivity contribution in [2.75, 3.05) is 19.6 Å². The highest BCUT2D eigenvalue weighted by atomic mass is 16.6. The third kappa shape index (κ3) is 2.62. The molecule has 2 atom stereocenters. The van der Waals surface area contributed by atoms with E-state index in [9.17, 15) is 15.2 Å². The fraction of sp³-hybridized carbons (Fsp3) is 0.625. The van der Waals surface area contributed by atoms with E-state index >= 15 is 0 Å². The molecule has 0 bridgehead atoms. The Bertz CT molecular complexity index is 554. The van der Waals surface area contributed by atoms with Crippen molar-refractivity contribution in [3.05, 3.63) is 39.9 Å². The molecule has 1 unspecified atom stereocenters. The summed E-state index contributed by atoms with van der Waals surface area (Å²) >= 11 is 0. The van der Waals surface area contributed by atoms with Crippen molar-refractivity contribution in [3.63, 3.8) is 0 Å². The largest absolute Gasteiger partial charge is 0.361 e. The summed E-state index contributed by atoms with van der Waals surface area (Å²) < 4.78 is 6.94. The number of rotatable bonds is 2. The van der Waals surface area contributed by atoms with E-state index in [0.29, 0.717) is 12.0 Å². The van der Waals surface area contributed by atoms with Crippen LogP contribution in [-0.2, 0) is 10.5 Å². The number of hydrogen-bond acceptors (Lipinski definition) is 4. The van der Waals surface area contributed by atoms with Crippen molar-refractivity contribution in [1.29, 1.82) is 0 Å². The van der Waals surface area contributed by atoms with Crippen molar-refractivity contribution in [3.8, 4) is 0 Å². The van der Waals surface area contributed by atoms with E-state index in [4.69, 9.17) is 4.74 Å². The van der Waals surface area contributed by atoms with Crippen molar-refractivity contribution in [1.82, 2.24) is 0 Å². The lowest BCUT2D eigenvalue weighted by Crippen LogP contribution is -2.64. The van der Waals surface area contributed by atoms with Gasteiger partial charge >= 0.3 is 0 Å². The van der Waals surface area contributed by atoms with Crippen molar-refractivity contribution in [2.45, 2.75) is 44.6 Å². The zero-order valence-electron chi connectivity index (χ0n) is 12.9. The van der Waals surface area contributed by atoms with Crippen LogP contribution >= 0.6 is 0 Å². The molecule has 120 valence electrons. The van der Waals surface area contributed by atoms with Gasteiger partial charge in [-0.3, -0.25) is 19.3 Å². The fourth-order valence-corrected chi connectivity index (χ4v) is 3.79. The molecule has 2 aliphatic rings. The molecule has 6 nitrogen and oxygen atoms in total. The monoisotopic (exact) mass is 307 g/mol. The number of nitro groups is 1. The zero-order valence-corrected chi connectivity index (χ0v) is 12.9. The number of nitro benzene ring substituents is 1. The van der Waals surface area contributed by atoms with Crippen LogP contribution in [0.5, 0.6) is 0 Å². The summed E-state index contributed by atoms with van der Waals surface area (Å²) in [5.74, 6) is -1.34. The number of nitrogens with zero attached hydrogens (tertiary/aromatic N) is 2. The number of ether oxygens (including phenoxy) is 1. The van der Waals surface area contributed by atoms with Gasteiger partial charge in [-0.2, -0.15) is 0 Å². The predicted molar refractivity (Wildman–Crippen MR) is 80.9 cm³/mol. The van der Waals surface area contributed by atoms with Crippen molar-refractivity contribution >= 4 is 5.69 Å². The topological polar surface area (TPSA) is 72.6 Å². The summed E-state index contributed by atoms with van der Waals surface area (Å²) in [5, 5.41) is 21.6. The molecule has 0 aliphatic carbocycles. The second-order valence-electron chi connectivity index (χ2n) is 6.51. The first-order valence-electron chi connectivity index (χ1n) is 7.96. The number of aliphatic hydroxyl groups is 1. The maximum atomic E-state index is 10.9.